The Kier molecular flexibility index (Phi) is 5.35. The molecule has 3 aromatic rings. The second kappa shape index (κ2) is 7.85. The topological polar surface area (TPSA) is 46.5 Å². The zero-order valence-electron chi connectivity index (χ0n) is 13.4. The minimum Gasteiger partial charge on any atom is -0.486 e. The molecular formula is C18H15F2N3OS. The van der Waals surface area contributed by atoms with Crippen LogP contribution < -0.4 is 10.2 Å². The average molecular weight is 359 g/mol. The van der Waals surface area contributed by atoms with Crippen molar-refractivity contribution in [1.29, 1.82) is 0 Å². The third-order valence-electron chi connectivity index (χ3n) is 3.23. The van der Waals surface area contributed by atoms with E-state index in [1.54, 1.807) is 18.2 Å². The highest BCUT2D eigenvalue weighted by atomic mass is 32.1. The predicted molar refractivity (Wildman–Crippen MR) is 95.2 cm³/mol. The number of ether oxygens (including phenoxy) is 1. The van der Waals surface area contributed by atoms with Crippen LogP contribution in [0.5, 0.6) is 5.75 Å². The molecule has 2 aromatic carbocycles. The highest BCUT2D eigenvalue weighted by molar-refractivity contribution is 7.13. The van der Waals surface area contributed by atoms with Gasteiger partial charge >= 0.3 is 0 Å². The Balaban J connectivity index is 1.60. The number of hydrazone groups is 1. The van der Waals surface area contributed by atoms with Crippen molar-refractivity contribution in [3.63, 3.8) is 0 Å². The Morgan fingerprint density at radius 3 is 2.84 bits per heavy atom. The summed E-state index contributed by atoms with van der Waals surface area (Å²) in [5, 5.41) is 6.60. The Bertz CT molecular complexity index is 896. The van der Waals surface area contributed by atoms with E-state index in [1.165, 1.54) is 41.8 Å². The summed E-state index contributed by atoms with van der Waals surface area (Å²) in [5.41, 5.74) is 4.91. The molecule has 0 saturated carbocycles. The van der Waals surface area contributed by atoms with Gasteiger partial charge in [0.1, 0.15) is 12.4 Å². The lowest BCUT2D eigenvalue weighted by Gasteiger charge is -2.08. The molecule has 0 aliphatic heterocycles. The first-order chi connectivity index (χ1) is 12.1. The molecule has 3 rings (SSSR count). The van der Waals surface area contributed by atoms with E-state index in [2.05, 4.69) is 15.5 Å². The lowest BCUT2D eigenvalue weighted by molar-refractivity contribution is 0.290. The van der Waals surface area contributed by atoms with E-state index < -0.39 is 5.82 Å². The van der Waals surface area contributed by atoms with Gasteiger partial charge in [-0.05, 0) is 48.4 Å². The molecule has 4 nitrogen and oxygen atoms in total. The lowest BCUT2D eigenvalue weighted by Crippen LogP contribution is -1.99. The van der Waals surface area contributed by atoms with E-state index in [1.807, 2.05) is 12.3 Å². The molecule has 25 heavy (non-hydrogen) atoms. The maximum atomic E-state index is 14.1. The largest absolute Gasteiger partial charge is 0.486 e. The molecule has 0 radical (unpaired) electrons. The monoisotopic (exact) mass is 359 g/mol. The molecule has 128 valence electrons. The van der Waals surface area contributed by atoms with Crippen molar-refractivity contribution in [2.45, 2.75) is 13.5 Å². The van der Waals surface area contributed by atoms with Crippen molar-refractivity contribution >= 4 is 22.7 Å². The van der Waals surface area contributed by atoms with Crippen LogP contribution in [0.4, 0.5) is 13.9 Å². The fourth-order valence-electron chi connectivity index (χ4n) is 2.07. The van der Waals surface area contributed by atoms with Crippen LogP contribution in [0.15, 0.2) is 52.9 Å². The average Bonchev–Trinajstić information content (AvgIpc) is 2.99. The van der Waals surface area contributed by atoms with Crippen LogP contribution in [0.3, 0.4) is 0 Å². The third kappa shape index (κ3) is 4.84. The van der Waals surface area contributed by atoms with Crippen LogP contribution in [0.1, 0.15) is 16.8 Å². The molecule has 0 aliphatic carbocycles. The highest BCUT2D eigenvalue weighted by Gasteiger charge is 2.05. The number of hydrogen-bond acceptors (Lipinski definition) is 5. The fraction of sp³-hybridized carbons (Fsp3) is 0.111. The van der Waals surface area contributed by atoms with Crippen LogP contribution in [0.2, 0.25) is 0 Å². The fourth-order valence-corrected chi connectivity index (χ4v) is 2.71. The van der Waals surface area contributed by atoms with E-state index in [4.69, 9.17) is 4.74 Å². The zero-order chi connectivity index (χ0) is 17.6. The number of hydrogen-bond donors (Lipinski definition) is 1. The second-order valence-corrected chi connectivity index (χ2v) is 6.13. The van der Waals surface area contributed by atoms with Crippen molar-refractivity contribution in [1.82, 2.24) is 4.98 Å². The number of rotatable bonds is 6. The second-order valence-electron chi connectivity index (χ2n) is 5.27. The molecule has 0 saturated heterocycles. The number of aromatic nitrogens is 1. The molecule has 1 heterocycles. The van der Waals surface area contributed by atoms with Crippen LogP contribution in [-0.2, 0) is 6.61 Å². The van der Waals surface area contributed by atoms with E-state index in [-0.39, 0.29) is 18.2 Å². The Morgan fingerprint density at radius 2 is 2.12 bits per heavy atom. The Labute approximate surface area is 147 Å². The van der Waals surface area contributed by atoms with Crippen molar-refractivity contribution in [3.8, 4) is 5.75 Å². The lowest BCUT2D eigenvalue weighted by atomic mass is 10.2. The summed E-state index contributed by atoms with van der Waals surface area (Å²) in [6, 6.07) is 10.5. The number of benzene rings is 2. The van der Waals surface area contributed by atoms with Crippen LogP contribution >= 0.6 is 11.3 Å². The van der Waals surface area contributed by atoms with Gasteiger partial charge in [0.15, 0.2) is 11.6 Å². The van der Waals surface area contributed by atoms with Gasteiger partial charge in [0.25, 0.3) is 0 Å². The number of thiazole rings is 1. The van der Waals surface area contributed by atoms with Gasteiger partial charge in [-0.3, -0.25) is 5.43 Å². The molecule has 0 bridgehead atoms. The van der Waals surface area contributed by atoms with Crippen LogP contribution in [-0.4, -0.2) is 11.2 Å². The summed E-state index contributed by atoms with van der Waals surface area (Å²) in [6.07, 6.45) is 1.50. The van der Waals surface area contributed by atoms with Gasteiger partial charge in [-0.15, -0.1) is 11.3 Å². The first-order valence-electron chi connectivity index (χ1n) is 7.48. The molecule has 0 unspecified atom stereocenters. The van der Waals surface area contributed by atoms with Gasteiger partial charge in [-0.25, -0.2) is 13.8 Å². The predicted octanol–water partition coefficient (Wildman–Crippen LogP) is 4.75. The highest BCUT2D eigenvalue weighted by Crippen LogP contribution is 2.19. The van der Waals surface area contributed by atoms with E-state index in [9.17, 15) is 8.78 Å². The van der Waals surface area contributed by atoms with Crippen LogP contribution in [0, 0.1) is 18.6 Å². The standard InChI is InChI=1S/C18H15F2N3OS/c1-12-11-25-18(22-12)23-21-9-13-5-6-17(16(20)8-13)24-10-14-3-2-4-15(19)7-14/h2-9,11H,10H2,1H3,(H,22,23). The number of halogens is 2. The summed E-state index contributed by atoms with van der Waals surface area (Å²) in [7, 11) is 0. The number of nitrogens with zero attached hydrogens (tertiary/aromatic N) is 2. The molecule has 0 aliphatic rings. The summed E-state index contributed by atoms with van der Waals surface area (Å²) in [5.74, 6) is -0.758. The first-order valence-corrected chi connectivity index (χ1v) is 8.36. The minimum absolute atomic E-state index is 0.0903. The Morgan fingerprint density at radius 1 is 1.24 bits per heavy atom. The molecule has 0 atom stereocenters. The quantitative estimate of drug-likeness (QED) is 0.510. The maximum absolute atomic E-state index is 14.1. The molecule has 7 heteroatoms. The van der Waals surface area contributed by atoms with Gasteiger partial charge in [0, 0.05) is 5.38 Å². The first kappa shape index (κ1) is 17.0. The number of aryl methyl sites for hydroxylation is 1. The molecular weight excluding hydrogens is 344 g/mol. The zero-order valence-corrected chi connectivity index (χ0v) is 14.2. The summed E-state index contributed by atoms with van der Waals surface area (Å²) < 4.78 is 32.6. The normalized spacial score (nSPS) is 11.0. The van der Waals surface area contributed by atoms with E-state index >= 15 is 0 Å². The van der Waals surface area contributed by atoms with Gasteiger partial charge in [-0.1, -0.05) is 12.1 Å². The van der Waals surface area contributed by atoms with Gasteiger partial charge in [0.2, 0.25) is 5.13 Å². The van der Waals surface area contributed by atoms with E-state index in [0.29, 0.717) is 16.3 Å². The van der Waals surface area contributed by atoms with Crippen molar-refractivity contribution in [2.24, 2.45) is 5.10 Å². The smallest absolute Gasteiger partial charge is 0.203 e. The van der Waals surface area contributed by atoms with Gasteiger partial charge in [0.05, 0.1) is 11.9 Å². The SMILES string of the molecule is Cc1csc(NN=Cc2ccc(OCc3cccc(F)c3)c(F)c2)n1. The molecule has 1 N–H and O–H groups in total. The number of nitrogens with one attached hydrogen (secondary N) is 1. The van der Waals surface area contributed by atoms with E-state index in [0.717, 1.165) is 5.69 Å². The van der Waals surface area contributed by atoms with Crippen molar-refractivity contribution in [2.75, 3.05) is 5.43 Å². The summed E-state index contributed by atoms with van der Waals surface area (Å²) in [6.45, 7) is 1.98. The van der Waals surface area contributed by atoms with Crippen molar-refractivity contribution in [3.05, 3.63) is 76.3 Å². The molecule has 1 aromatic heterocycles. The third-order valence-corrected chi connectivity index (χ3v) is 4.10. The molecule has 0 spiro atoms. The van der Waals surface area contributed by atoms with Gasteiger partial charge < -0.3 is 4.74 Å². The molecule has 0 amide bonds. The van der Waals surface area contributed by atoms with Crippen LogP contribution in [0.25, 0.3) is 0 Å². The number of anilines is 1. The maximum Gasteiger partial charge on any atom is 0.203 e. The minimum atomic E-state index is -0.509. The summed E-state index contributed by atoms with van der Waals surface area (Å²) in [4.78, 5) is 4.21. The van der Waals surface area contributed by atoms with Gasteiger partial charge in [-0.2, -0.15) is 5.10 Å². The molecule has 0 fully saturated rings. The summed E-state index contributed by atoms with van der Waals surface area (Å²) >= 11 is 1.44. The Hall–Kier alpha value is -2.80. The van der Waals surface area contributed by atoms with Crippen molar-refractivity contribution < 1.29 is 13.5 Å².